The lowest BCUT2D eigenvalue weighted by Crippen LogP contribution is -1.92. The molecule has 0 aliphatic carbocycles. The molecule has 1 heterocycles. The molecule has 0 saturated carbocycles. The van der Waals surface area contributed by atoms with Crippen LogP contribution in [0.5, 0.6) is 0 Å². The van der Waals surface area contributed by atoms with Crippen LogP contribution in [0.1, 0.15) is 31.7 Å². The quantitative estimate of drug-likeness (QED) is 0.636. The van der Waals surface area contributed by atoms with E-state index >= 15 is 0 Å². The molecule has 0 aliphatic rings. The van der Waals surface area contributed by atoms with E-state index in [1.54, 1.807) is 12.3 Å². The van der Waals surface area contributed by atoms with E-state index in [2.05, 4.69) is 18.8 Å². The first-order valence-corrected chi connectivity index (χ1v) is 3.84. The largest absolute Gasteiger partial charge is 0.261 e. The van der Waals surface area contributed by atoms with E-state index < -0.39 is 0 Å². The van der Waals surface area contributed by atoms with Gasteiger partial charge in [0.1, 0.15) is 5.82 Å². The van der Waals surface area contributed by atoms with Gasteiger partial charge in [0.05, 0.1) is 6.20 Å². The van der Waals surface area contributed by atoms with Crippen LogP contribution >= 0.6 is 0 Å². The van der Waals surface area contributed by atoms with E-state index in [0.717, 1.165) is 12.0 Å². The van der Waals surface area contributed by atoms with Gasteiger partial charge in [-0.15, -0.1) is 0 Å². The van der Waals surface area contributed by atoms with Crippen LogP contribution in [0.2, 0.25) is 0 Å². The first-order valence-electron chi connectivity index (χ1n) is 3.84. The minimum absolute atomic E-state index is 0.247. The lowest BCUT2D eigenvalue weighted by atomic mass is 10.0. The van der Waals surface area contributed by atoms with Crippen molar-refractivity contribution < 1.29 is 4.39 Å². The van der Waals surface area contributed by atoms with Gasteiger partial charge in [0.15, 0.2) is 0 Å². The van der Waals surface area contributed by atoms with Crippen LogP contribution in [-0.4, -0.2) is 4.98 Å². The Hall–Kier alpha value is -0.920. The smallest absolute Gasteiger partial charge is 0.141 e. The van der Waals surface area contributed by atoms with Crippen molar-refractivity contribution in [2.24, 2.45) is 0 Å². The van der Waals surface area contributed by atoms with Crippen molar-refractivity contribution in [3.8, 4) is 0 Å². The standard InChI is InChI=1S/C9H12FN/c1-3-7(2)8-4-9(10)6-11-5-8/h4-7H,3H2,1-2H3. The Balaban J connectivity index is 2.86. The monoisotopic (exact) mass is 153 g/mol. The summed E-state index contributed by atoms with van der Waals surface area (Å²) in [6, 6.07) is 1.54. The van der Waals surface area contributed by atoms with E-state index in [4.69, 9.17) is 0 Å². The highest BCUT2D eigenvalue weighted by Crippen LogP contribution is 2.17. The molecule has 11 heavy (non-hydrogen) atoms. The fourth-order valence-electron chi connectivity index (χ4n) is 0.933. The molecule has 1 nitrogen and oxygen atoms in total. The van der Waals surface area contributed by atoms with Crippen LogP contribution in [0, 0.1) is 5.82 Å². The zero-order valence-corrected chi connectivity index (χ0v) is 6.84. The van der Waals surface area contributed by atoms with Gasteiger partial charge in [0.25, 0.3) is 0 Å². The van der Waals surface area contributed by atoms with Gasteiger partial charge in [-0.1, -0.05) is 13.8 Å². The van der Waals surface area contributed by atoms with Gasteiger partial charge in [0, 0.05) is 6.20 Å². The van der Waals surface area contributed by atoms with Gasteiger partial charge in [-0.05, 0) is 24.0 Å². The molecular formula is C9H12FN. The second-order valence-corrected chi connectivity index (χ2v) is 2.75. The second-order valence-electron chi connectivity index (χ2n) is 2.75. The molecule has 1 rings (SSSR count). The predicted molar refractivity (Wildman–Crippen MR) is 42.9 cm³/mol. The van der Waals surface area contributed by atoms with Crippen molar-refractivity contribution in [2.75, 3.05) is 0 Å². The maximum Gasteiger partial charge on any atom is 0.141 e. The maximum atomic E-state index is 12.6. The SMILES string of the molecule is CCC(C)c1cncc(F)c1. The van der Waals surface area contributed by atoms with Crippen molar-refractivity contribution >= 4 is 0 Å². The van der Waals surface area contributed by atoms with Crippen molar-refractivity contribution in [3.63, 3.8) is 0 Å². The summed E-state index contributed by atoms with van der Waals surface area (Å²) in [6.45, 7) is 4.14. The molecule has 1 aromatic rings. The van der Waals surface area contributed by atoms with E-state index in [0.29, 0.717) is 5.92 Å². The van der Waals surface area contributed by atoms with Gasteiger partial charge in [-0.3, -0.25) is 4.98 Å². The fraction of sp³-hybridized carbons (Fsp3) is 0.444. The van der Waals surface area contributed by atoms with Gasteiger partial charge < -0.3 is 0 Å². The Labute approximate surface area is 66.3 Å². The average molecular weight is 153 g/mol. The molecule has 0 fully saturated rings. The third-order valence-electron chi connectivity index (χ3n) is 1.91. The minimum atomic E-state index is -0.247. The lowest BCUT2D eigenvalue weighted by molar-refractivity contribution is 0.612. The molecule has 1 aromatic heterocycles. The second kappa shape index (κ2) is 3.46. The van der Waals surface area contributed by atoms with Crippen molar-refractivity contribution in [2.45, 2.75) is 26.2 Å². The maximum absolute atomic E-state index is 12.6. The molecular weight excluding hydrogens is 141 g/mol. The number of hydrogen-bond donors (Lipinski definition) is 0. The van der Waals surface area contributed by atoms with Crippen LogP contribution in [0.15, 0.2) is 18.5 Å². The van der Waals surface area contributed by atoms with Crippen LogP contribution in [0.4, 0.5) is 4.39 Å². The van der Waals surface area contributed by atoms with Gasteiger partial charge in [-0.2, -0.15) is 0 Å². The Kier molecular flexibility index (Phi) is 2.58. The Morgan fingerprint density at radius 2 is 2.27 bits per heavy atom. The summed E-state index contributed by atoms with van der Waals surface area (Å²) in [4.78, 5) is 3.78. The zero-order valence-electron chi connectivity index (χ0n) is 6.84. The summed E-state index contributed by atoms with van der Waals surface area (Å²) < 4.78 is 12.6. The molecule has 2 heteroatoms. The summed E-state index contributed by atoms with van der Waals surface area (Å²) in [5.41, 5.74) is 0.979. The predicted octanol–water partition coefficient (Wildman–Crippen LogP) is 2.73. The van der Waals surface area contributed by atoms with Crippen LogP contribution in [0.25, 0.3) is 0 Å². The summed E-state index contributed by atoms with van der Waals surface area (Å²) >= 11 is 0. The third kappa shape index (κ3) is 2.00. The van der Waals surface area contributed by atoms with Crippen LogP contribution in [-0.2, 0) is 0 Å². The highest BCUT2D eigenvalue weighted by atomic mass is 19.1. The van der Waals surface area contributed by atoms with E-state index in [1.165, 1.54) is 6.20 Å². The first-order chi connectivity index (χ1) is 5.24. The molecule has 0 spiro atoms. The molecule has 0 aromatic carbocycles. The van der Waals surface area contributed by atoms with Gasteiger partial charge in [0.2, 0.25) is 0 Å². The molecule has 0 bridgehead atoms. The molecule has 0 radical (unpaired) electrons. The minimum Gasteiger partial charge on any atom is -0.261 e. The number of pyridine rings is 1. The van der Waals surface area contributed by atoms with Crippen molar-refractivity contribution in [3.05, 3.63) is 29.8 Å². The molecule has 0 amide bonds. The fourth-order valence-corrected chi connectivity index (χ4v) is 0.933. The molecule has 1 atom stereocenters. The highest BCUT2D eigenvalue weighted by molar-refractivity contribution is 5.14. The number of nitrogens with zero attached hydrogens (tertiary/aromatic N) is 1. The summed E-state index contributed by atoms with van der Waals surface area (Å²) in [5.74, 6) is 0.154. The molecule has 0 saturated heterocycles. The van der Waals surface area contributed by atoms with E-state index in [9.17, 15) is 4.39 Å². The average Bonchev–Trinajstić information content (AvgIpc) is 2.03. The Morgan fingerprint density at radius 1 is 1.55 bits per heavy atom. The number of rotatable bonds is 2. The van der Waals surface area contributed by atoms with Crippen molar-refractivity contribution in [1.82, 2.24) is 4.98 Å². The van der Waals surface area contributed by atoms with Crippen LogP contribution < -0.4 is 0 Å². The summed E-state index contributed by atoms with van der Waals surface area (Å²) in [7, 11) is 0. The molecule has 0 N–H and O–H groups in total. The molecule has 60 valence electrons. The third-order valence-corrected chi connectivity index (χ3v) is 1.91. The van der Waals surface area contributed by atoms with Gasteiger partial charge >= 0.3 is 0 Å². The van der Waals surface area contributed by atoms with Crippen molar-refractivity contribution in [1.29, 1.82) is 0 Å². The summed E-state index contributed by atoms with van der Waals surface area (Å²) in [6.07, 6.45) is 3.97. The summed E-state index contributed by atoms with van der Waals surface area (Å²) in [5, 5.41) is 0. The zero-order chi connectivity index (χ0) is 8.27. The van der Waals surface area contributed by atoms with Crippen LogP contribution in [0.3, 0.4) is 0 Å². The van der Waals surface area contributed by atoms with E-state index in [1.807, 2.05) is 0 Å². The van der Waals surface area contributed by atoms with Gasteiger partial charge in [-0.25, -0.2) is 4.39 Å². The Bertz CT molecular complexity index is 235. The number of aromatic nitrogens is 1. The topological polar surface area (TPSA) is 12.9 Å². The Morgan fingerprint density at radius 3 is 2.82 bits per heavy atom. The molecule has 1 unspecified atom stereocenters. The first kappa shape index (κ1) is 8.18. The van der Waals surface area contributed by atoms with E-state index in [-0.39, 0.29) is 5.82 Å². The normalized spacial score (nSPS) is 13.0. The molecule has 0 aliphatic heterocycles. The number of hydrogen-bond acceptors (Lipinski definition) is 1. The lowest BCUT2D eigenvalue weighted by Gasteiger charge is -2.06. The number of halogens is 1. The highest BCUT2D eigenvalue weighted by Gasteiger charge is 2.03.